The summed E-state index contributed by atoms with van der Waals surface area (Å²) in [6.07, 6.45) is 5.90. The highest BCUT2D eigenvalue weighted by atomic mass is 79.9. The van der Waals surface area contributed by atoms with E-state index < -0.39 is 0 Å². The quantitative estimate of drug-likeness (QED) is 0.942. The maximum absolute atomic E-state index is 5.38. The summed E-state index contributed by atoms with van der Waals surface area (Å²) in [6, 6.07) is 3.98. The normalized spacial score (nSPS) is 16.7. The summed E-state index contributed by atoms with van der Waals surface area (Å²) in [4.78, 5) is 8.79. The number of hydrogen-bond donors (Lipinski definition) is 1. The zero-order valence-electron chi connectivity index (χ0n) is 10.6. The number of hydrogen-bond acceptors (Lipinski definition) is 4. The van der Waals surface area contributed by atoms with E-state index in [0.717, 1.165) is 53.8 Å². The van der Waals surface area contributed by atoms with E-state index in [4.69, 9.17) is 4.74 Å². The summed E-state index contributed by atoms with van der Waals surface area (Å²) in [7, 11) is 0. The first kappa shape index (κ1) is 12.8. The molecule has 0 spiro atoms. The monoisotopic (exact) mass is 321 g/mol. The number of nitrogens with one attached hydrogen (secondary N) is 1. The van der Waals surface area contributed by atoms with Crippen LogP contribution in [0.2, 0.25) is 0 Å². The number of ether oxygens (including phenoxy) is 1. The summed E-state index contributed by atoms with van der Waals surface area (Å²) in [6.45, 7) is 2.74. The zero-order chi connectivity index (χ0) is 13.1. The minimum Gasteiger partial charge on any atom is -0.383 e. The minimum absolute atomic E-state index is 0.687. The Morgan fingerprint density at radius 1 is 1.32 bits per heavy atom. The van der Waals surface area contributed by atoms with Gasteiger partial charge in [-0.05, 0) is 46.8 Å². The van der Waals surface area contributed by atoms with Crippen molar-refractivity contribution in [3.63, 3.8) is 0 Å². The van der Waals surface area contributed by atoms with Crippen LogP contribution in [-0.2, 0) is 4.74 Å². The van der Waals surface area contributed by atoms with Crippen LogP contribution < -0.4 is 5.32 Å². The van der Waals surface area contributed by atoms with Crippen LogP contribution in [0.15, 0.2) is 29.0 Å². The first-order chi connectivity index (χ1) is 9.33. The van der Waals surface area contributed by atoms with Gasteiger partial charge < -0.3 is 10.1 Å². The van der Waals surface area contributed by atoms with Crippen LogP contribution >= 0.6 is 15.9 Å². The summed E-state index contributed by atoms with van der Waals surface area (Å²) < 4.78 is 6.33. The number of nitrogens with zero attached hydrogens (tertiary/aromatic N) is 2. The van der Waals surface area contributed by atoms with E-state index in [1.807, 2.05) is 24.5 Å². The van der Waals surface area contributed by atoms with Crippen LogP contribution in [0.5, 0.6) is 0 Å². The highest BCUT2D eigenvalue weighted by Crippen LogP contribution is 2.23. The van der Waals surface area contributed by atoms with Gasteiger partial charge in [-0.1, -0.05) is 0 Å². The second-order valence-corrected chi connectivity index (χ2v) is 5.73. The number of halogens is 1. The third-order valence-electron chi connectivity index (χ3n) is 3.47. The number of anilines is 1. The molecule has 1 saturated heterocycles. The summed E-state index contributed by atoms with van der Waals surface area (Å²) in [5.74, 6) is 0.687. The maximum atomic E-state index is 5.38. The molecule has 0 aliphatic carbocycles. The molecule has 2 aromatic heterocycles. The van der Waals surface area contributed by atoms with Gasteiger partial charge in [0.25, 0.3) is 0 Å². The van der Waals surface area contributed by atoms with E-state index in [1.165, 1.54) is 0 Å². The van der Waals surface area contributed by atoms with Crippen molar-refractivity contribution >= 4 is 32.7 Å². The van der Waals surface area contributed by atoms with Crippen molar-refractivity contribution in [3.05, 3.63) is 29.0 Å². The number of fused-ring (bicyclic) bond motifs is 1. The molecule has 0 aromatic carbocycles. The average Bonchev–Trinajstić information content (AvgIpc) is 2.45. The van der Waals surface area contributed by atoms with Gasteiger partial charge in [0.2, 0.25) is 0 Å². The molecule has 0 unspecified atom stereocenters. The fraction of sp³-hybridized carbons (Fsp3) is 0.429. The largest absolute Gasteiger partial charge is 0.383 e. The van der Waals surface area contributed by atoms with Crippen LogP contribution in [0.1, 0.15) is 12.8 Å². The predicted molar refractivity (Wildman–Crippen MR) is 79.3 cm³/mol. The van der Waals surface area contributed by atoms with Gasteiger partial charge in [0.15, 0.2) is 0 Å². The third kappa shape index (κ3) is 3.04. The van der Waals surface area contributed by atoms with Crippen molar-refractivity contribution in [1.29, 1.82) is 0 Å². The second-order valence-electron chi connectivity index (χ2n) is 4.82. The number of pyridine rings is 2. The van der Waals surface area contributed by atoms with Gasteiger partial charge in [-0.25, -0.2) is 0 Å². The SMILES string of the molecule is Brc1cnc2c(NCC3CCOCC3)ccnc2c1. The van der Waals surface area contributed by atoms with E-state index >= 15 is 0 Å². The van der Waals surface area contributed by atoms with Gasteiger partial charge in [0, 0.05) is 36.6 Å². The fourth-order valence-electron chi connectivity index (χ4n) is 2.35. The number of rotatable bonds is 3. The molecule has 0 bridgehead atoms. The Balaban J connectivity index is 1.76. The second kappa shape index (κ2) is 5.84. The Morgan fingerprint density at radius 3 is 3.00 bits per heavy atom. The molecule has 19 heavy (non-hydrogen) atoms. The molecule has 0 radical (unpaired) electrons. The van der Waals surface area contributed by atoms with E-state index in [9.17, 15) is 0 Å². The lowest BCUT2D eigenvalue weighted by molar-refractivity contribution is 0.0699. The van der Waals surface area contributed by atoms with Crippen LogP contribution in [0.25, 0.3) is 11.0 Å². The van der Waals surface area contributed by atoms with Gasteiger partial charge in [0.05, 0.1) is 11.2 Å². The van der Waals surface area contributed by atoms with Crippen molar-refractivity contribution in [1.82, 2.24) is 9.97 Å². The third-order valence-corrected chi connectivity index (χ3v) is 3.90. The smallest absolute Gasteiger partial charge is 0.112 e. The molecule has 2 aromatic rings. The van der Waals surface area contributed by atoms with Gasteiger partial charge in [0.1, 0.15) is 5.52 Å². The highest BCUT2D eigenvalue weighted by Gasteiger charge is 2.14. The number of aromatic nitrogens is 2. The molecule has 5 heteroatoms. The van der Waals surface area contributed by atoms with Gasteiger partial charge in [-0.3, -0.25) is 9.97 Å². The molecule has 1 N–H and O–H groups in total. The summed E-state index contributed by atoms with van der Waals surface area (Å²) in [5, 5.41) is 3.50. The lowest BCUT2D eigenvalue weighted by Gasteiger charge is -2.22. The van der Waals surface area contributed by atoms with E-state index in [0.29, 0.717) is 5.92 Å². The molecule has 3 heterocycles. The van der Waals surface area contributed by atoms with Crippen LogP contribution in [0.3, 0.4) is 0 Å². The highest BCUT2D eigenvalue weighted by molar-refractivity contribution is 9.10. The van der Waals surface area contributed by atoms with Crippen molar-refractivity contribution in [2.24, 2.45) is 5.92 Å². The van der Waals surface area contributed by atoms with Crippen LogP contribution in [-0.4, -0.2) is 29.7 Å². The van der Waals surface area contributed by atoms with Crippen LogP contribution in [0.4, 0.5) is 5.69 Å². The van der Waals surface area contributed by atoms with Gasteiger partial charge in [-0.15, -0.1) is 0 Å². The van der Waals surface area contributed by atoms with E-state index in [1.54, 1.807) is 0 Å². The summed E-state index contributed by atoms with van der Waals surface area (Å²) in [5.41, 5.74) is 2.90. The molecule has 4 nitrogen and oxygen atoms in total. The molecule has 1 aliphatic heterocycles. The molecular weight excluding hydrogens is 306 g/mol. The Morgan fingerprint density at radius 2 is 2.16 bits per heavy atom. The topological polar surface area (TPSA) is 47.0 Å². The van der Waals surface area contributed by atoms with Gasteiger partial charge in [-0.2, -0.15) is 0 Å². The molecule has 0 atom stereocenters. The average molecular weight is 322 g/mol. The van der Waals surface area contributed by atoms with E-state index in [2.05, 4.69) is 31.2 Å². The Hall–Kier alpha value is -1.20. The maximum Gasteiger partial charge on any atom is 0.112 e. The van der Waals surface area contributed by atoms with Crippen molar-refractivity contribution in [2.75, 3.05) is 25.1 Å². The Bertz CT molecular complexity index is 570. The molecule has 0 amide bonds. The standard InChI is InChI=1S/C14H16BrN3O/c15-11-7-13-14(18-9-11)12(1-4-16-13)17-8-10-2-5-19-6-3-10/h1,4,7,9-10H,2-3,5-6,8H2,(H,16,17). The molecular formula is C14H16BrN3O. The fourth-order valence-corrected chi connectivity index (χ4v) is 2.67. The van der Waals surface area contributed by atoms with Gasteiger partial charge >= 0.3 is 0 Å². The lowest BCUT2D eigenvalue weighted by atomic mass is 10.0. The van der Waals surface area contributed by atoms with Crippen molar-refractivity contribution in [3.8, 4) is 0 Å². The Kier molecular flexibility index (Phi) is 3.94. The molecule has 100 valence electrons. The molecule has 1 fully saturated rings. The molecule has 0 saturated carbocycles. The molecule has 3 rings (SSSR count). The predicted octanol–water partition coefficient (Wildman–Crippen LogP) is 3.23. The van der Waals surface area contributed by atoms with Crippen molar-refractivity contribution < 1.29 is 4.74 Å². The summed E-state index contributed by atoms with van der Waals surface area (Å²) >= 11 is 3.42. The first-order valence-corrected chi connectivity index (χ1v) is 7.34. The van der Waals surface area contributed by atoms with Crippen LogP contribution in [0, 0.1) is 5.92 Å². The van der Waals surface area contributed by atoms with Crippen molar-refractivity contribution in [2.45, 2.75) is 12.8 Å². The van der Waals surface area contributed by atoms with E-state index in [-0.39, 0.29) is 0 Å². The Labute approximate surface area is 120 Å². The molecule has 1 aliphatic rings. The first-order valence-electron chi connectivity index (χ1n) is 6.55. The minimum atomic E-state index is 0.687. The lowest BCUT2D eigenvalue weighted by Crippen LogP contribution is -2.22. The zero-order valence-corrected chi connectivity index (χ0v) is 12.2.